The summed E-state index contributed by atoms with van der Waals surface area (Å²) >= 11 is 1.41. The highest BCUT2D eigenvalue weighted by Crippen LogP contribution is 2.46. The van der Waals surface area contributed by atoms with Gasteiger partial charge in [0.15, 0.2) is 20.6 Å². The molecule has 1 aromatic heterocycles. The van der Waals surface area contributed by atoms with Gasteiger partial charge in [-0.25, -0.2) is 13.4 Å². The fourth-order valence-electron chi connectivity index (χ4n) is 5.42. The van der Waals surface area contributed by atoms with Crippen molar-refractivity contribution >= 4 is 32.2 Å². The van der Waals surface area contributed by atoms with Crippen molar-refractivity contribution < 1.29 is 31.5 Å². The number of nitrogens with one attached hydrogen (secondary N) is 1. The summed E-state index contributed by atoms with van der Waals surface area (Å²) in [5, 5.41) is 13.3. The van der Waals surface area contributed by atoms with Crippen LogP contribution in [0.5, 0.6) is 0 Å². The van der Waals surface area contributed by atoms with Crippen LogP contribution in [0.1, 0.15) is 68.6 Å². The first kappa shape index (κ1) is 29.0. The van der Waals surface area contributed by atoms with Gasteiger partial charge in [0.05, 0.1) is 28.8 Å². The van der Waals surface area contributed by atoms with Crippen molar-refractivity contribution in [3.63, 3.8) is 0 Å². The first-order valence-electron chi connectivity index (χ1n) is 12.9. The van der Waals surface area contributed by atoms with E-state index in [-0.39, 0.29) is 53.7 Å². The van der Waals surface area contributed by atoms with E-state index in [0.717, 1.165) is 10.6 Å². The zero-order chi connectivity index (χ0) is 27.9. The molecule has 0 radical (unpaired) electrons. The first-order valence-corrected chi connectivity index (χ1v) is 15.3. The lowest BCUT2D eigenvalue weighted by molar-refractivity contribution is -0.272. The molecule has 210 valence electrons. The second-order valence-electron chi connectivity index (χ2n) is 10.7. The van der Waals surface area contributed by atoms with Gasteiger partial charge in [-0.15, -0.1) is 11.3 Å². The molecule has 2 N–H and O–H groups in total. The van der Waals surface area contributed by atoms with Crippen LogP contribution in [0.2, 0.25) is 0 Å². The van der Waals surface area contributed by atoms with E-state index in [0.29, 0.717) is 36.6 Å². The molecule has 2 aromatic rings. The number of aliphatic hydroxyl groups is 1. The van der Waals surface area contributed by atoms with E-state index in [1.165, 1.54) is 23.5 Å². The molecule has 1 fully saturated rings. The van der Waals surface area contributed by atoms with Gasteiger partial charge in [0.1, 0.15) is 0 Å². The zero-order valence-corrected chi connectivity index (χ0v) is 23.3. The Morgan fingerprint density at radius 2 is 1.87 bits per heavy atom. The van der Waals surface area contributed by atoms with E-state index < -0.39 is 21.6 Å². The highest BCUT2D eigenvalue weighted by atomic mass is 32.2. The topological polar surface area (TPSA) is 99.6 Å². The Morgan fingerprint density at radius 1 is 1.24 bits per heavy atom. The number of sulfone groups is 1. The summed E-state index contributed by atoms with van der Waals surface area (Å²) in [7, 11) is -3.30. The van der Waals surface area contributed by atoms with E-state index >= 15 is 0 Å². The molecule has 1 aliphatic carbocycles. The first-order chi connectivity index (χ1) is 17.7. The van der Waals surface area contributed by atoms with Crippen LogP contribution < -0.4 is 5.32 Å². The third kappa shape index (κ3) is 6.08. The SMILES string of the molecule is CCS(=O)(=O)c1ccc(CC(=O)Nc2nc3c(s2)CN(C[C@H]2CC[C@](O)(C(F)(F)F)CC2)[C@H]3C(C)C)cc1. The molecule has 0 bridgehead atoms. The molecule has 0 unspecified atom stereocenters. The minimum absolute atomic E-state index is 0.00314. The highest BCUT2D eigenvalue weighted by Gasteiger charge is 2.54. The standard InChI is InChI=1S/C26H34F3N3O4S2/c1-4-38(35,36)19-7-5-17(6-8-19)13-21(33)30-24-31-22-20(37-24)15-32(23(22)16(2)3)14-18-9-11-25(34,12-10-18)26(27,28)29/h5-8,16,18,23,34H,4,9-15H2,1-3H3,(H,30,31,33)/t18-,23-,25+/m0/s1. The number of alkyl halides is 3. The zero-order valence-electron chi connectivity index (χ0n) is 21.7. The van der Waals surface area contributed by atoms with Crippen LogP contribution in [0.4, 0.5) is 18.3 Å². The average molecular weight is 574 g/mol. The number of halogens is 3. The quantitative estimate of drug-likeness (QED) is 0.455. The van der Waals surface area contributed by atoms with Gasteiger partial charge in [0.2, 0.25) is 5.91 Å². The van der Waals surface area contributed by atoms with Gasteiger partial charge in [0.25, 0.3) is 0 Å². The summed E-state index contributed by atoms with van der Waals surface area (Å²) in [6.45, 7) is 7.01. The van der Waals surface area contributed by atoms with Crippen LogP contribution in [-0.4, -0.2) is 53.4 Å². The number of benzene rings is 1. The Kier molecular flexibility index (Phi) is 8.28. The predicted molar refractivity (Wildman–Crippen MR) is 140 cm³/mol. The fourth-order valence-corrected chi connectivity index (χ4v) is 7.34. The van der Waals surface area contributed by atoms with E-state index in [1.54, 1.807) is 19.1 Å². The summed E-state index contributed by atoms with van der Waals surface area (Å²) < 4.78 is 63.4. The summed E-state index contributed by atoms with van der Waals surface area (Å²) in [5.41, 5.74) is -0.983. The lowest BCUT2D eigenvalue weighted by Crippen LogP contribution is -2.48. The van der Waals surface area contributed by atoms with Gasteiger partial charge in [-0.3, -0.25) is 9.69 Å². The van der Waals surface area contributed by atoms with Crippen molar-refractivity contribution in [2.24, 2.45) is 11.8 Å². The number of thiazole rings is 1. The van der Waals surface area contributed by atoms with Crippen LogP contribution in [0.25, 0.3) is 0 Å². The molecule has 1 aliphatic heterocycles. The van der Waals surface area contributed by atoms with Gasteiger partial charge in [-0.05, 0) is 55.2 Å². The molecule has 2 heterocycles. The van der Waals surface area contributed by atoms with Crippen LogP contribution >= 0.6 is 11.3 Å². The van der Waals surface area contributed by atoms with Crippen LogP contribution in [0.15, 0.2) is 29.2 Å². The van der Waals surface area contributed by atoms with Gasteiger partial charge in [-0.1, -0.05) is 32.9 Å². The molecule has 38 heavy (non-hydrogen) atoms. The third-order valence-electron chi connectivity index (χ3n) is 7.61. The van der Waals surface area contributed by atoms with Crippen molar-refractivity contribution in [2.45, 2.75) is 82.1 Å². The normalized spacial score (nSPS) is 24.5. The number of carbonyl (C=O) groups is 1. The third-order valence-corrected chi connectivity index (χ3v) is 10.3. The molecule has 12 heteroatoms. The largest absolute Gasteiger partial charge is 0.417 e. The molecule has 1 aromatic carbocycles. The molecule has 4 rings (SSSR count). The van der Waals surface area contributed by atoms with Gasteiger partial charge in [0, 0.05) is 18.0 Å². The average Bonchev–Trinajstić information content (AvgIpc) is 3.36. The van der Waals surface area contributed by atoms with Crippen molar-refractivity contribution in [3.8, 4) is 0 Å². The van der Waals surface area contributed by atoms with Crippen molar-refractivity contribution in [1.29, 1.82) is 0 Å². The Balaban J connectivity index is 1.36. The Morgan fingerprint density at radius 3 is 2.42 bits per heavy atom. The second-order valence-corrected chi connectivity index (χ2v) is 14.1. The van der Waals surface area contributed by atoms with Crippen molar-refractivity contribution in [1.82, 2.24) is 9.88 Å². The van der Waals surface area contributed by atoms with E-state index in [9.17, 15) is 31.5 Å². The fraction of sp³-hybridized carbons (Fsp3) is 0.615. The molecule has 2 aliphatic rings. The summed E-state index contributed by atoms with van der Waals surface area (Å²) in [6, 6.07) is 6.30. The van der Waals surface area contributed by atoms with E-state index in [1.807, 2.05) is 0 Å². The highest BCUT2D eigenvalue weighted by molar-refractivity contribution is 7.91. The second kappa shape index (κ2) is 10.9. The lowest BCUT2D eigenvalue weighted by atomic mass is 9.78. The van der Waals surface area contributed by atoms with Crippen molar-refractivity contribution in [3.05, 3.63) is 40.4 Å². The van der Waals surface area contributed by atoms with Gasteiger partial charge >= 0.3 is 6.18 Å². The number of carbonyl (C=O) groups excluding carboxylic acids is 1. The molecule has 1 atom stereocenters. The summed E-state index contributed by atoms with van der Waals surface area (Å²) in [6.07, 6.45) is -4.40. The lowest BCUT2D eigenvalue weighted by Gasteiger charge is -2.39. The molecule has 0 spiro atoms. The van der Waals surface area contributed by atoms with E-state index in [2.05, 4.69) is 24.1 Å². The number of fused-ring (bicyclic) bond motifs is 1. The molecule has 1 saturated carbocycles. The molecule has 1 amide bonds. The summed E-state index contributed by atoms with van der Waals surface area (Å²) in [5.74, 6) is 0.0559. The number of aromatic nitrogens is 1. The Labute approximate surface area is 225 Å². The number of rotatable bonds is 8. The monoisotopic (exact) mass is 573 g/mol. The van der Waals surface area contributed by atoms with E-state index in [4.69, 9.17) is 4.98 Å². The minimum Gasteiger partial charge on any atom is -0.380 e. The van der Waals surface area contributed by atoms with Crippen molar-refractivity contribution in [2.75, 3.05) is 17.6 Å². The maximum Gasteiger partial charge on any atom is 0.417 e. The molecular formula is C26H34F3N3O4S2. The number of nitrogens with zero attached hydrogens (tertiary/aromatic N) is 2. The Hall–Kier alpha value is -2.02. The predicted octanol–water partition coefficient (Wildman–Crippen LogP) is 5.11. The summed E-state index contributed by atoms with van der Waals surface area (Å²) in [4.78, 5) is 20.9. The minimum atomic E-state index is -4.60. The smallest absolute Gasteiger partial charge is 0.380 e. The van der Waals surface area contributed by atoms with Crippen LogP contribution in [-0.2, 0) is 27.6 Å². The number of anilines is 1. The van der Waals surface area contributed by atoms with Gasteiger partial charge in [-0.2, -0.15) is 13.2 Å². The maximum atomic E-state index is 13.2. The number of hydrogen-bond acceptors (Lipinski definition) is 7. The molecule has 7 nitrogen and oxygen atoms in total. The van der Waals surface area contributed by atoms with Gasteiger partial charge < -0.3 is 10.4 Å². The molecule has 0 saturated heterocycles. The Bertz CT molecular complexity index is 1250. The maximum absolute atomic E-state index is 13.2. The number of amides is 1. The van der Waals surface area contributed by atoms with Crippen LogP contribution in [0.3, 0.4) is 0 Å². The molecular weight excluding hydrogens is 539 g/mol. The van der Waals surface area contributed by atoms with Crippen LogP contribution in [0, 0.1) is 11.8 Å². The number of hydrogen-bond donors (Lipinski definition) is 2.